The van der Waals surface area contributed by atoms with E-state index in [1.165, 1.54) is 5.69 Å². The summed E-state index contributed by atoms with van der Waals surface area (Å²) in [5.41, 5.74) is 2.54. The summed E-state index contributed by atoms with van der Waals surface area (Å²) in [6, 6.07) is 2.16. The van der Waals surface area contributed by atoms with E-state index >= 15 is 0 Å². The second-order valence-corrected chi connectivity index (χ2v) is 6.17. The first-order valence-electron chi connectivity index (χ1n) is 5.78. The zero-order valence-corrected chi connectivity index (χ0v) is 12.4. The average molecular weight is 296 g/mol. The second kappa shape index (κ2) is 4.41. The third-order valence-electron chi connectivity index (χ3n) is 2.61. The number of aromatic nitrogens is 3. The lowest BCUT2D eigenvalue weighted by molar-refractivity contribution is 0.345. The van der Waals surface area contributed by atoms with Crippen LogP contribution in [0.2, 0.25) is 0 Å². The molecule has 0 radical (unpaired) electrons. The molecule has 0 unspecified atom stereocenters. The van der Waals surface area contributed by atoms with Gasteiger partial charge in [-0.05, 0) is 18.4 Å². The van der Waals surface area contributed by atoms with Crippen LogP contribution in [-0.2, 0) is 11.9 Å². The Bertz CT molecular complexity index is 537. The molecule has 0 N–H and O–H groups in total. The van der Waals surface area contributed by atoms with E-state index in [2.05, 4.69) is 57.3 Å². The molecule has 92 valence electrons. The van der Waals surface area contributed by atoms with Crippen LogP contribution < -0.4 is 0 Å². The minimum atomic E-state index is 0.238. The van der Waals surface area contributed by atoms with Crippen LogP contribution in [0, 0.1) is 12.3 Å². The van der Waals surface area contributed by atoms with Gasteiger partial charge in [-0.15, -0.1) is 0 Å². The minimum Gasteiger partial charge on any atom is -0.328 e. The second-order valence-electron chi connectivity index (χ2n) is 5.61. The average Bonchev–Trinajstić information content (AvgIpc) is 2.54. The fourth-order valence-electron chi connectivity index (χ4n) is 1.94. The summed E-state index contributed by atoms with van der Waals surface area (Å²) < 4.78 is 2.29. The molecule has 0 aliphatic heterocycles. The molecule has 0 aliphatic carbocycles. The molecule has 0 saturated heterocycles. The van der Waals surface area contributed by atoms with Crippen LogP contribution in [0.4, 0.5) is 0 Å². The first-order chi connectivity index (χ1) is 7.90. The van der Waals surface area contributed by atoms with Crippen molar-refractivity contribution < 1.29 is 0 Å². The molecule has 2 heterocycles. The molecule has 0 atom stereocenters. The Morgan fingerprint density at radius 2 is 2.06 bits per heavy atom. The van der Waals surface area contributed by atoms with E-state index < -0.39 is 0 Å². The zero-order valence-electron chi connectivity index (χ0n) is 10.8. The molecule has 0 saturated carbocycles. The Kier molecular flexibility index (Phi) is 3.25. The number of alkyl halides is 1. The van der Waals surface area contributed by atoms with Gasteiger partial charge in [0.05, 0.1) is 0 Å². The number of hydrogen-bond acceptors (Lipinski definition) is 2. The lowest BCUT2D eigenvalue weighted by atomic mass is 9.97. The van der Waals surface area contributed by atoms with Gasteiger partial charge in [0.25, 0.3) is 0 Å². The van der Waals surface area contributed by atoms with Crippen molar-refractivity contribution in [2.75, 3.05) is 0 Å². The van der Waals surface area contributed by atoms with Crippen LogP contribution in [0.3, 0.4) is 0 Å². The lowest BCUT2D eigenvalue weighted by Gasteiger charge is -2.21. The first-order valence-corrected chi connectivity index (χ1v) is 6.90. The number of fused-ring (bicyclic) bond motifs is 1. The van der Waals surface area contributed by atoms with Crippen molar-refractivity contribution in [1.29, 1.82) is 0 Å². The third kappa shape index (κ3) is 2.68. The molecular formula is C13H18BrN3. The largest absolute Gasteiger partial charge is 0.328 e. The van der Waals surface area contributed by atoms with Gasteiger partial charge < -0.3 is 4.57 Å². The molecule has 4 heteroatoms. The highest BCUT2D eigenvalue weighted by Gasteiger charge is 2.17. The van der Waals surface area contributed by atoms with Gasteiger partial charge in [-0.25, -0.2) is 9.97 Å². The molecule has 2 aromatic heterocycles. The van der Waals surface area contributed by atoms with Crippen molar-refractivity contribution in [2.24, 2.45) is 5.41 Å². The predicted molar refractivity (Wildman–Crippen MR) is 74.4 cm³/mol. The molecule has 0 amide bonds. The summed E-state index contributed by atoms with van der Waals surface area (Å²) in [4.78, 5) is 8.81. The number of aryl methyl sites for hydroxylation is 1. The molecule has 0 spiro atoms. The fourth-order valence-corrected chi connectivity index (χ4v) is 2.40. The third-order valence-corrected chi connectivity index (χ3v) is 3.18. The predicted octanol–water partition coefficient (Wildman–Crippen LogP) is 3.68. The zero-order chi connectivity index (χ0) is 12.6. The van der Waals surface area contributed by atoms with Crippen molar-refractivity contribution in [3.05, 3.63) is 23.8 Å². The molecule has 2 aromatic rings. The van der Waals surface area contributed by atoms with E-state index in [1.54, 1.807) is 0 Å². The molecule has 0 aliphatic rings. The maximum Gasteiger partial charge on any atom is 0.143 e. The van der Waals surface area contributed by atoms with Crippen molar-refractivity contribution in [3.8, 4) is 0 Å². The molecule has 0 bridgehead atoms. The van der Waals surface area contributed by atoms with E-state index in [0.29, 0.717) is 0 Å². The highest BCUT2D eigenvalue weighted by atomic mass is 79.9. The highest BCUT2D eigenvalue weighted by molar-refractivity contribution is 9.08. The van der Waals surface area contributed by atoms with E-state index in [1.807, 2.05) is 13.1 Å². The Morgan fingerprint density at radius 1 is 1.35 bits per heavy atom. The SMILES string of the molecule is Cc1ncc2cc(CBr)n(CC(C)(C)C)c2n1. The Labute approximate surface area is 110 Å². The number of rotatable bonds is 2. The molecule has 3 nitrogen and oxygen atoms in total. The van der Waals surface area contributed by atoms with Crippen LogP contribution in [0.25, 0.3) is 11.0 Å². The van der Waals surface area contributed by atoms with Gasteiger partial charge in [0.2, 0.25) is 0 Å². The summed E-state index contributed by atoms with van der Waals surface area (Å²) in [6.45, 7) is 9.62. The monoisotopic (exact) mass is 295 g/mol. The van der Waals surface area contributed by atoms with Crippen LogP contribution >= 0.6 is 15.9 Å². The van der Waals surface area contributed by atoms with E-state index in [9.17, 15) is 0 Å². The topological polar surface area (TPSA) is 30.7 Å². The summed E-state index contributed by atoms with van der Waals surface area (Å²) in [5.74, 6) is 0.826. The summed E-state index contributed by atoms with van der Waals surface area (Å²) in [5, 5.41) is 1.97. The molecule has 2 rings (SSSR count). The van der Waals surface area contributed by atoms with Gasteiger partial charge in [0.1, 0.15) is 11.5 Å². The van der Waals surface area contributed by atoms with Crippen LogP contribution in [0.5, 0.6) is 0 Å². The highest BCUT2D eigenvalue weighted by Crippen LogP contribution is 2.25. The van der Waals surface area contributed by atoms with Gasteiger partial charge in [-0.3, -0.25) is 0 Å². The lowest BCUT2D eigenvalue weighted by Crippen LogP contribution is -2.17. The van der Waals surface area contributed by atoms with Crippen LogP contribution in [-0.4, -0.2) is 14.5 Å². The first kappa shape index (κ1) is 12.6. The van der Waals surface area contributed by atoms with E-state index in [0.717, 1.165) is 28.7 Å². The van der Waals surface area contributed by atoms with Crippen molar-refractivity contribution in [1.82, 2.24) is 14.5 Å². The maximum atomic E-state index is 4.56. The molecular weight excluding hydrogens is 278 g/mol. The Hall–Kier alpha value is -0.900. The van der Waals surface area contributed by atoms with Gasteiger partial charge >= 0.3 is 0 Å². The number of hydrogen-bond donors (Lipinski definition) is 0. The number of nitrogens with zero attached hydrogens (tertiary/aromatic N) is 3. The minimum absolute atomic E-state index is 0.238. The fraction of sp³-hybridized carbons (Fsp3) is 0.538. The molecule has 0 fully saturated rings. The summed E-state index contributed by atoms with van der Waals surface area (Å²) in [7, 11) is 0. The van der Waals surface area contributed by atoms with Gasteiger partial charge in [0, 0.05) is 29.2 Å². The quantitative estimate of drug-likeness (QED) is 0.791. The van der Waals surface area contributed by atoms with Gasteiger partial charge in [0.15, 0.2) is 0 Å². The van der Waals surface area contributed by atoms with Crippen LogP contribution in [0.1, 0.15) is 32.3 Å². The molecule has 0 aromatic carbocycles. The van der Waals surface area contributed by atoms with Crippen LogP contribution in [0.15, 0.2) is 12.3 Å². The van der Waals surface area contributed by atoms with Gasteiger partial charge in [-0.1, -0.05) is 36.7 Å². The maximum absolute atomic E-state index is 4.56. The van der Waals surface area contributed by atoms with Crippen molar-refractivity contribution >= 4 is 27.0 Å². The summed E-state index contributed by atoms with van der Waals surface area (Å²) >= 11 is 3.54. The number of halogens is 1. The smallest absolute Gasteiger partial charge is 0.143 e. The van der Waals surface area contributed by atoms with Crippen molar-refractivity contribution in [3.63, 3.8) is 0 Å². The Morgan fingerprint density at radius 3 is 2.65 bits per heavy atom. The normalized spacial score (nSPS) is 12.3. The standard InChI is InChI=1S/C13H18BrN3/c1-9-15-7-10-5-11(6-14)17(12(10)16-9)8-13(2,3)4/h5,7H,6,8H2,1-4H3. The van der Waals surface area contributed by atoms with E-state index in [-0.39, 0.29) is 5.41 Å². The Balaban J connectivity index is 2.60. The van der Waals surface area contributed by atoms with E-state index in [4.69, 9.17) is 0 Å². The summed E-state index contributed by atoms with van der Waals surface area (Å²) in [6.07, 6.45) is 1.91. The molecule has 17 heavy (non-hydrogen) atoms. The van der Waals surface area contributed by atoms with Crippen molar-refractivity contribution in [2.45, 2.75) is 39.6 Å². The van der Waals surface area contributed by atoms with Gasteiger partial charge in [-0.2, -0.15) is 0 Å².